The van der Waals surface area contributed by atoms with Gasteiger partial charge in [-0.2, -0.15) is 0 Å². The highest BCUT2D eigenvalue weighted by Crippen LogP contribution is 2.23. The molecule has 2 aromatic rings. The highest BCUT2D eigenvalue weighted by Gasteiger charge is 2.21. The average Bonchev–Trinajstić information content (AvgIpc) is 2.59. The van der Waals surface area contributed by atoms with E-state index in [4.69, 9.17) is 5.21 Å². The summed E-state index contributed by atoms with van der Waals surface area (Å²) in [5, 5.41) is 8.47. The van der Waals surface area contributed by atoms with Crippen LogP contribution >= 0.6 is 0 Å². The van der Waals surface area contributed by atoms with Gasteiger partial charge in [0.2, 0.25) is 0 Å². The van der Waals surface area contributed by atoms with Crippen LogP contribution < -0.4 is 9.79 Å². The molecule has 6 nitrogen and oxygen atoms in total. The molecule has 1 amide bonds. The summed E-state index contributed by atoms with van der Waals surface area (Å²) in [6, 6.07) is 13.4. The minimum absolute atomic E-state index is 0.214. The van der Waals surface area contributed by atoms with Gasteiger partial charge in [-0.15, -0.1) is 0 Å². The zero-order valence-electron chi connectivity index (χ0n) is 13.3. The Hall–Kier alpha value is -2.64. The fourth-order valence-corrected chi connectivity index (χ4v) is 3.40. The molecule has 0 aliphatic carbocycles. The van der Waals surface area contributed by atoms with Gasteiger partial charge in [0, 0.05) is 13.1 Å². The smallest absolute Gasteiger partial charge is 0.267 e. The van der Waals surface area contributed by atoms with Crippen LogP contribution in [0.3, 0.4) is 0 Å². The van der Waals surface area contributed by atoms with Crippen LogP contribution in [0.25, 0.3) is 6.08 Å². The first-order valence-corrected chi connectivity index (χ1v) is 8.56. The van der Waals surface area contributed by atoms with Gasteiger partial charge in [-0.3, -0.25) is 14.3 Å². The summed E-state index contributed by atoms with van der Waals surface area (Å²) in [5.74, 6) is -0.666. The number of sulfonamides is 1. The third-order valence-corrected chi connectivity index (χ3v) is 5.20. The van der Waals surface area contributed by atoms with Crippen molar-refractivity contribution in [3.8, 4) is 0 Å². The number of carbonyl (C=O) groups is 1. The number of amides is 1. The second-order valence-corrected chi connectivity index (χ2v) is 7.16. The molecule has 0 unspecified atom stereocenters. The van der Waals surface area contributed by atoms with E-state index in [1.165, 1.54) is 22.9 Å². The highest BCUT2D eigenvalue weighted by molar-refractivity contribution is 7.92. The van der Waals surface area contributed by atoms with E-state index in [1.54, 1.807) is 42.5 Å². The van der Waals surface area contributed by atoms with Gasteiger partial charge >= 0.3 is 0 Å². The predicted molar refractivity (Wildman–Crippen MR) is 92.2 cm³/mol. The molecular formula is C17H18N2O4S. The first-order valence-electron chi connectivity index (χ1n) is 7.12. The van der Waals surface area contributed by atoms with E-state index in [0.717, 1.165) is 11.6 Å². The van der Waals surface area contributed by atoms with E-state index in [0.29, 0.717) is 11.3 Å². The van der Waals surface area contributed by atoms with Crippen LogP contribution in [-0.4, -0.2) is 26.6 Å². The van der Waals surface area contributed by atoms with Crippen molar-refractivity contribution in [3.05, 3.63) is 65.7 Å². The summed E-state index contributed by atoms with van der Waals surface area (Å²) in [4.78, 5) is 11.2. The molecule has 0 aromatic heterocycles. The van der Waals surface area contributed by atoms with E-state index >= 15 is 0 Å². The maximum Gasteiger partial charge on any atom is 0.267 e. The minimum atomic E-state index is -3.68. The molecule has 0 atom stereocenters. The van der Waals surface area contributed by atoms with Gasteiger partial charge in [-0.05, 0) is 48.4 Å². The molecular weight excluding hydrogens is 328 g/mol. The fourth-order valence-electron chi connectivity index (χ4n) is 2.11. The van der Waals surface area contributed by atoms with E-state index < -0.39 is 15.9 Å². The number of nitrogens with one attached hydrogen (secondary N) is 1. The van der Waals surface area contributed by atoms with Crippen LogP contribution in [0, 0.1) is 6.92 Å². The number of hydrogen-bond donors (Lipinski definition) is 2. The van der Waals surface area contributed by atoms with Crippen LogP contribution in [0.1, 0.15) is 11.1 Å². The van der Waals surface area contributed by atoms with Gasteiger partial charge in [0.05, 0.1) is 10.6 Å². The molecule has 0 radical (unpaired) electrons. The number of hydroxylamine groups is 1. The number of nitrogens with zero attached hydrogens (tertiary/aromatic N) is 1. The van der Waals surface area contributed by atoms with Crippen molar-refractivity contribution in [3.63, 3.8) is 0 Å². The Labute approximate surface area is 141 Å². The normalized spacial score (nSPS) is 11.5. The van der Waals surface area contributed by atoms with E-state index in [9.17, 15) is 13.2 Å². The zero-order valence-corrected chi connectivity index (χ0v) is 14.1. The topological polar surface area (TPSA) is 86.7 Å². The van der Waals surface area contributed by atoms with Crippen molar-refractivity contribution in [1.29, 1.82) is 0 Å². The maximum absolute atomic E-state index is 12.7. The van der Waals surface area contributed by atoms with E-state index in [1.807, 2.05) is 13.0 Å². The lowest BCUT2D eigenvalue weighted by Gasteiger charge is -2.20. The molecule has 0 bridgehead atoms. The van der Waals surface area contributed by atoms with Crippen molar-refractivity contribution >= 4 is 27.7 Å². The Kier molecular flexibility index (Phi) is 5.38. The third-order valence-electron chi connectivity index (χ3n) is 3.42. The number of anilines is 1. The largest absolute Gasteiger partial charge is 0.288 e. The predicted octanol–water partition coefficient (Wildman–Crippen LogP) is 2.34. The van der Waals surface area contributed by atoms with E-state index in [-0.39, 0.29) is 4.90 Å². The van der Waals surface area contributed by atoms with Crippen LogP contribution in [0.2, 0.25) is 0 Å². The van der Waals surface area contributed by atoms with Crippen molar-refractivity contribution < 1.29 is 18.4 Å². The minimum Gasteiger partial charge on any atom is -0.288 e. The van der Waals surface area contributed by atoms with Gasteiger partial charge in [-0.25, -0.2) is 13.9 Å². The standard InChI is InChI=1S/C17H18N2O4S/c1-13-5-3-8-16(11-13)24(22,23)19(2)15-7-4-6-14(12-15)9-10-17(20)18-21/h3-12,21H,1-2H3,(H,18,20)/b10-9+. The summed E-state index contributed by atoms with van der Waals surface area (Å²) in [5.41, 5.74) is 3.44. The summed E-state index contributed by atoms with van der Waals surface area (Å²) in [7, 11) is -2.20. The molecule has 0 aliphatic heterocycles. The molecule has 0 saturated heterocycles. The summed E-state index contributed by atoms with van der Waals surface area (Å²) in [6.07, 6.45) is 2.62. The van der Waals surface area contributed by atoms with Gasteiger partial charge in [0.15, 0.2) is 0 Å². The number of benzene rings is 2. The summed E-state index contributed by atoms with van der Waals surface area (Å²) < 4.78 is 26.6. The van der Waals surface area contributed by atoms with Crippen LogP contribution in [0.4, 0.5) is 5.69 Å². The average molecular weight is 346 g/mol. The molecule has 126 valence electrons. The zero-order chi connectivity index (χ0) is 17.7. The highest BCUT2D eigenvalue weighted by atomic mass is 32.2. The second-order valence-electron chi connectivity index (χ2n) is 5.19. The Morgan fingerprint density at radius 3 is 2.54 bits per heavy atom. The number of rotatable bonds is 5. The Morgan fingerprint density at radius 2 is 1.88 bits per heavy atom. The van der Waals surface area contributed by atoms with Gasteiger partial charge in [0.25, 0.3) is 15.9 Å². The summed E-state index contributed by atoms with van der Waals surface area (Å²) >= 11 is 0. The lowest BCUT2D eigenvalue weighted by atomic mass is 10.2. The first kappa shape index (κ1) is 17.7. The van der Waals surface area contributed by atoms with Crippen molar-refractivity contribution in [2.45, 2.75) is 11.8 Å². The van der Waals surface area contributed by atoms with Crippen molar-refractivity contribution in [2.24, 2.45) is 0 Å². The molecule has 2 N–H and O–H groups in total. The van der Waals surface area contributed by atoms with Gasteiger partial charge < -0.3 is 0 Å². The quantitative estimate of drug-likeness (QED) is 0.494. The van der Waals surface area contributed by atoms with Crippen LogP contribution in [0.5, 0.6) is 0 Å². The van der Waals surface area contributed by atoms with E-state index in [2.05, 4.69) is 0 Å². The van der Waals surface area contributed by atoms with Crippen LogP contribution in [-0.2, 0) is 14.8 Å². The van der Waals surface area contributed by atoms with Gasteiger partial charge in [0.1, 0.15) is 0 Å². The fraction of sp³-hybridized carbons (Fsp3) is 0.118. The molecule has 0 fully saturated rings. The van der Waals surface area contributed by atoms with Gasteiger partial charge in [-0.1, -0.05) is 24.3 Å². The monoisotopic (exact) mass is 346 g/mol. The number of hydrogen-bond acceptors (Lipinski definition) is 4. The lowest BCUT2D eigenvalue weighted by Crippen LogP contribution is -2.26. The SMILES string of the molecule is Cc1cccc(S(=O)(=O)N(C)c2cccc(/C=C/C(=O)NO)c2)c1. The summed E-state index contributed by atoms with van der Waals surface area (Å²) in [6.45, 7) is 1.83. The Bertz CT molecular complexity index is 876. The van der Waals surface area contributed by atoms with Crippen molar-refractivity contribution in [1.82, 2.24) is 5.48 Å². The first-order chi connectivity index (χ1) is 11.3. The molecule has 7 heteroatoms. The number of aryl methyl sites for hydroxylation is 1. The van der Waals surface area contributed by atoms with Crippen LogP contribution in [0.15, 0.2) is 59.5 Å². The number of carbonyl (C=O) groups excluding carboxylic acids is 1. The molecule has 0 aliphatic rings. The van der Waals surface area contributed by atoms with Crippen molar-refractivity contribution in [2.75, 3.05) is 11.4 Å². The molecule has 0 heterocycles. The Morgan fingerprint density at radius 1 is 1.17 bits per heavy atom. The Balaban J connectivity index is 2.34. The maximum atomic E-state index is 12.7. The lowest BCUT2D eigenvalue weighted by molar-refractivity contribution is -0.124. The molecule has 2 aromatic carbocycles. The third kappa shape index (κ3) is 4.01. The molecule has 0 saturated carbocycles. The molecule has 2 rings (SSSR count). The molecule has 24 heavy (non-hydrogen) atoms. The molecule has 0 spiro atoms. The second kappa shape index (κ2) is 7.29.